The number of benzene rings is 1. The molecule has 3 rings (SSSR count). The minimum atomic E-state index is -0.160. The number of anilines is 1. The van der Waals surface area contributed by atoms with E-state index in [4.69, 9.17) is 0 Å². The summed E-state index contributed by atoms with van der Waals surface area (Å²) in [6.07, 6.45) is 0.963. The van der Waals surface area contributed by atoms with E-state index in [1.807, 2.05) is 19.2 Å². The van der Waals surface area contributed by atoms with Gasteiger partial charge in [0, 0.05) is 17.4 Å². The quantitative estimate of drug-likeness (QED) is 0.589. The van der Waals surface area contributed by atoms with Crippen LogP contribution in [0.1, 0.15) is 67.4 Å². The molecule has 0 radical (unpaired) electrons. The molecule has 0 aliphatic rings. The smallest absolute Gasteiger partial charge is 0.273 e. The molecule has 2 heterocycles. The molecule has 2 aromatic heterocycles. The summed E-state index contributed by atoms with van der Waals surface area (Å²) in [5.41, 5.74) is 5.37. The van der Waals surface area contributed by atoms with E-state index in [0.717, 1.165) is 28.5 Å². The number of aromatic nitrogens is 1. The molecular formula is C23H27N3OS. The largest absolute Gasteiger partial charge is 0.337 e. The van der Waals surface area contributed by atoms with Gasteiger partial charge in [0.2, 0.25) is 0 Å². The van der Waals surface area contributed by atoms with Gasteiger partial charge in [0.15, 0.2) is 0 Å². The number of carbonyl (C=O) groups excluding carboxylic acids is 1. The van der Waals surface area contributed by atoms with Crippen LogP contribution in [0, 0.1) is 18.3 Å². The lowest BCUT2D eigenvalue weighted by molar-refractivity contribution is 0.101. The van der Waals surface area contributed by atoms with Crippen molar-refractivity contribution in [3.05, 3.63) is 51.5 Å². The molecule has 0 aliphatic carbocycles. The fraction of sp³-hybridized carbons (Fsp3) is 0.391. The van der Waals surface area contributed by atoms with Crippen molar-refractivity contribution in [2.24, 2.45) is 0 Å². The first-order valence-electron chi connectivity index (χ1n) is 9.68. The first-order valence-corrected chi connectivity index (χ1v) is 10.6. The van der Waals surface area contributed by atoms with Crippen LogP contribution in [0.4, 0.5) is 5.00 Å². The Labute approximate surface area is 170 Å². The molecule has 0 aliphatic heterocycles. The Morgan fingerprint density at radius 1 is 1.29 bits per heavy atom. The van der Waals surface area contributed by atoms with E-state index >= 15 is 0 Å². The lowest BCUT2D eigenvalue weighted by atomic mass is 9.86. The van der Waals surface area contributed by atoms with Crippen molar-refractivity contribution in [1.82, 2.24) is 4.57 Å². The Balaban J connectivity index is 2.07. The van der Waals surface area contributed by atoms with E-state index in [0.29, 0.717) is 22.8 Å². The van der Waals surface area contributed by atoms with E-state index < -0.39 is 0 Å². The molecule has 3 aromatic rings. The summed E-state index contributed by atoms with van der Waals surface area (Å²) in [7, 11) is 0. The SMILES string of the molecule is CCc1ccc2c(c1)c(C)c(C(=O)Nc1scc(C(C)(C)C)c1C#N)n2CC. The van der Waals surface area contributed by atoms with Crippen LogP contribution in [0.15, 0.2) is 23.6 Å². The van der Waals surface area contributed by atoms with Crippen molar-refractivity contribution < 1.29 is 4.79 Å². The number of hydrogen-bond donors (Lipinski definition) is 1. The first-order chi connectivity index (χ1) is 13.2. The molecule has 1 N–H and O–H groups in total. The molecule has 1 aromatic carbocycles. The van der Waals surface area contributed by atoms with Gasteiger partial charge in [-0.05, 0) is 59.9 Å². The molecule has 146 valence electrons. The maximum absolute atomic E-state index is 13.2. The minimum Gasteiger partial charge on any atom is -0.337 e. The third-order valence-electron chi connectivity index (χ3n) is 5.26. The van der Waals surface area contributed by atoms with Gasteiger partial charge in [-0.3, -0.25) is 4.79 Å². The normalized spacial score (nSPS) is 11.6. The summed E-state index contributed by atoms with van der Waals surface area (Å²) in [5.74, 6) is -0.160. The minimum absolute atomic E-state index is 0.144. The fourth-order valence-corrected chi connectivity index (χ4v) is 4.82. The number of carbonyl (C=O) groups is 1. The predicted octanol–water partition coefficient (Wildman–Crippen LogP) is 6.02. The average molecular weight is 394 g/mol. The summed E-state index contributed by atoms with van der Waals surface area (Å²) < 4.78 is 2.06. The van der Waals surface area contributed by atoms with E-state index in [2.05, 4.69) is 61.8 Å². The number of fused-ring (bicyclic) bond motifs is 1. The topological polar surface area (TPSA) is 57.8 Å². The Morgan fingerprint density at radius 3 is 2.57 bits per heavy atom. The van der Waals surface area contributed by atoms with Crippen molar-refractivity contribution in [2.45, 2.75) is 59.9 Å². The van der Waals surface area contributed by atoms with Gasteiger partial charge in [-0.2, -0.15) is 5.26 Å². The second-order valence-electron chi connectivity index (χ2n) is 8.09. The van der Waals surface area contributed by atoms with Crippen LogP contribution in [0.3, 0.4) is 0 Å². The van der Waals surface area contributed by atoms with Crippen LogP contribution in [0.2, 0.25) is 0 Å². The Bertz CT molecular complexity index is 1090. The van der Waals surface area contributed by atoms with E-state index in [1.54, 1.807) is 0 Å². The predicted molar refractivity (Wildman–Crippen MR) is 117 cm³/mol. The number of nitrogens with one attached hydrogen (secondary N) is 1. The van der Waals surface area contributed by atoms with Gasteiger partial charge in [-0.1, -0.05) is 33.8 Å². The zero-order chi connectivity index (χ0) is 20.6. The highest BCUT2D eigenvalue weighted by Crippen LogP contribution is 2.36. The highest BCUT2D eigenvalue weighted by Gasteiger charge is 2.25. The first kappa shape index (κ1) is 20.2. The molecule has 0 saturated heterocycles. The highest BCUT2D eigenvalue weighted by molar-refractivity contribution is 7.14. The zero-order valence-electron chi connectivity index (χ0n) is 17.4. The van der Waals surface area contributed by atoms with Gasteiger partial charge in [0.05, 0.1) is 5.56 Å². The number of aryl methyl sites for hydroxylation is 3. The molecule has 1 amide bonds. The van der Waals surface area contributed by atoms with E-state index in [1.165, 1.54) is 16.9 Å². The van der Waals surface area contributed by atoms with Crippen molar-refractivity contribution in [1.29, 1.82) is 5.26 Å². The molecule has 4 nitrogen and oxygen atoms in total. The molecule has 0 atom stereocenters. The number of thiophene rings is 1. The fourth-order valence-electron chi connectivity index (χ4n) is 3.69. The monoisotopic (exact) mass is 393 g/mol. The standard InChI is InChI=1S/C23H27N3OS/c1-7-15-9-10-19-16(11-15)14(3)20(26(19)8-2)21(27)25-22-17(12-24)18(13-28-22)23(4,5)6/h9-11,13H,7-8H2,1-6H3,(H,25,27). The second-order valence-corrected chi connectivity index (χ2v) is 8.97. The number of hydrogen-bond acceptors (Lipinski definition) is 3. The molecule has 0 unspecified atom stereocenters. The molecule has 0 bridgehead atoms. The maximum Gasteiger partial charge on any atom is 0.273 e. The van der Waals surface area contributed by atoms with Crippen LogP contribution < -0.4 is 5.32 Å². The lowest BCUT2D eigenvalue weighted by Gasteiger charge is -2.17. The Morgan fingerprint density at radius 2 is 2.00 bits per heavy atom. The van der Waals surface area contributed by atoms with Gasteiger partial charge in [0.25, 0.3) is 5.91 Å². The molecule has 0 fully saturated rings. The van der Waals surface area contributed by atoms with Crippen molar-refractivity contribution in [3.8, 4) is 6.07 Å². The highest BCUT2D eigenvalue weighted by atomic mass is 32.1. The zero-order valence-corrected chi connectivity index (χ0v) is 18.3. The molecule has 0 saturated carbocycles. The van der Waals surface area contributed by atoms with E-state index in [-0.39, 0.29) is 11.3 Å². The maximum atomic E-state index is 13.2. The third-order valence-corrected chi connectivity index (χ3v) is 6.15. The number of rotatable bonds is 4. The Hall–Kier alpha value is -2.58. The van der Waals surface area contributed by atoms with Crippen LogP contribution in [0.25, 0.3) is 10.9 Å². The number of amides is 1. The summed E-state index contributed by atoms with van der Waals surface area (Å²) in [6.45, 7) is 13.1. The average Bonchev–Trinajstić information content (AvgIpc) is 3.19. The third kappa shape index (κ3) is 3.33. The molecule has 0 spiro atoms. The lowest BCUT2D eigenvalue weighted by Crippen LogP contribution is -2.18. The molecule has 5 heteroatoms. The summed E-state index contributed by atoms with van der Waals surface area (Å²) in [4.78, 5) is 13.2. The van der Waals surface area contributed by atoms with Crippen molar-refractivity contribution in [2.75, 3.05) is 5.32 Å². The van der Waals surface area contributed by atoms with E-state index in [9.17, 15) is 10.1 Å². The second kappa shape index (κ2) is 7.44. The van der Waals surface area contributed by atoms with Crippen molar-refractivity contribution in [3.63, 3.8) is 0 Å². The van der Waals surface area contributed by atoms with Crippen LogP contribution in [0.5, 0.6) is 0 Å². The van der Waals surface area contributed by atoms with Gasteiger partial charge in [0.1, 0.15) is 16.8 Å². The van der Waals surface area contributed by atoms with Crippen molar-refractivity contribution >= 4 is 33.1 Å². The molecular weight excluding hydrogens is 366 g/mol. The van der Waals surface area contributed by atoms with Gasteiger partial charge in [-0.15, -0.1) is 11.3 Å². The van der Waals surface area contributed by atoms with Crippen LogP contribution >= 0.6 is 11.3 Å². The number of nitriles is 1. The summed E-state index contributed by atoms with van der Waals surface area (Å²) in [5, 5.41) is 16.4. The Kier molecular flexibility index (Phi) is 5.36. The summed E-state index contributed by atoms with van der Waals surface area (Å²) in [6, 6.07) is 8.68. The number of nitrogens with zero attached hydrogens (tertiary/aromatic N) is 2. The van der Waals surface area contributed by atoms with Crippen LogP contribution in [-0.2, 0) is 18.4 Å². The van der Waals surface area contributed by atoms with Gasteiger partial charge < -0.3 is 9.88 Å². The molecule has 28 heavy (non-hydrogen) atoms. The van der Waals surface area contributed by atoms with Crippen LogP contribution in [-0.4, -0.2) is 10.5 Å². The van der Waals surface area contributed by atoms with Gasteiger partial charge >= 0.3 is 0 Å². The van der Waals surface area contributed by atoms with Gasteiger partial charge in [-0.25, -0.2) is 0 Å². The summed E-state index contributed by atoms with van der Waals surface area (Å²) >= 11 is 1.42.